The Balaban J connectivity index is 0.00000537. The summed E-state index contributed by atoms with van der Waals surface area (Å²) in [5.41, 5.74) is 1.63. The fourth-order valence-corrected chi connectivity index (χ4v) is 9.44. The Kier molecular flexibility index (Phi) is 17.5. The van der Waals surface area contributed by atoms with Crippen LogP contribution >= 0.6 is 43.8 Å². The van der Waals surface area contributed by atoms with Gasteiger partial charge in [0.25, 0.3) is 10.1 Å². The minimum atomic E-state index is -5.50. The number of fused-ring (bicyclic) bond motifs is 1. The van der Waals surface area contributed by atoms with Gasteiger partial charge in [0.2, 0.25) is 11.2 Å². The minimum Gasteiger partial charge on any atom is -0.505 e. The van der Waals surface area contributed by atoms with Crippen molar-refractivity contribution in [2.45, 2.75) is 24.5 Å². The molecule has 360 valence electrons. The van der Waals surface area contributed by atoms with E-state index in [4.69, 9.17) is 32.9 Å². The molecule has 4 rings (SSSR count). The number of phenols is 1. The molecule has 0 aliphatic rings. The largest absolute Gasteiger partial charge is 0.505 e. The molecule has 0 radical (unpaired) electrons. The predicted molar refractivity (Wildman–Crippen MR) is 227 cm³/mol. The molecule has 0 saturated carbocycles. The molecule has 4 aromatic carbocycles. The third-order valence-corrected chi connectivity index (χ3v) is 13.6. The van der Waals surface area contributed by atoms with Crippen molar-refractivity contribution in [1.29, 1.82) is 0 Å². The maximum Gasteiger partial charge on any atom is 0.397 e. The van der Waals surface area contributed by atoms with Crippen LogP contribution in [0.5, 0.6) is 11.5 Å². The van der Waals surface area contributed by atoms with Gasteiger partial charge in [0.15, 0.2) is 28.1 Å². The van der Waals surface area contributed by atoms with E-state index in [9.17, 15) is 75.9 Å². The van der Waals surface area contributed by atoms with Crippen molar-refractivity contribution in [2.24, 2.45) is 20.5 Å². The quantitative estimate of drug-likeness (QED) is 0.0212. The van der Waals surface area contributed by atoms with Crippen molar-refractivity contribution in [1.82, 2.24) is 0 Å². The monoisotopic (exact) mass is 1070 g/mol. The number of rotatable bonds is 18. The number of hydrogen-bond acceptors (Lipinski definition) is 29. The van der Waals surface area contributed by atoms with Gasteiger partial charge in [-0.2, -0.15) is 26.2 Å². The van der Waals surface area contributed by atoms with Crippen LogP contribution in [0.15, 0.2) is 93.5 Å². The summed E-state index contributed by atoms with van der Waals surface area (Å²) in [7, 11) is -29.7. The summed E-state index contributed by atoms with van der Waals surface area (Å²) in [6, 6.07) is 6.25. The highest BCUT2D eigenvalue weighted by molar-refractivity contribution is 8.20. The molecule has 0 amide bonds. The summed E-state index contributed by atoms with van der Waals surface area (Å²) in [6.07, 6.45) is 0. The number of nitrogens with two attached hydrogens (primary N) is 1. The SMILES string of the molecule is Nc1c(N=Nc2c(S(O)(O)O)cc(OCCOS(=O)(=O)O)cc2S(O)(O)O)c(S(=O)(=O)O)cc2cc(S(O)(O)O)c(N=Nc3ccc(S(=O)(=O)CCOS(O)(O)O)cc3)c(O)c12.O=S. The van der Waals surface area contributed by atoms with E-state index in [0.717, 1.165) is 24.3 Å². The van der Waals surface area contributed by atoms with Gasteiger partial charge >= 0.3 is 10.4 Å². The fraction of sp³-hybridized carbons (Fsp3) is 0.154. The van der Waals surface area contributed by atoms with Gasteiger partial charge in [0.05, 0.1) is 48.7 Å². The Morgan fingerprint density at radius 1 is 0.562 bits per heavy atom. The number of anilines is 1. The second-order valence-electron chi connectivity index (χ2n) is 11.7. The standard InChI is InChI=1S/C26H33N5O24S7.OS/c27-22-21-13(10-18(58(38,39)40)25(26(21)32)31-28-14-1-3-16(4-2-14)56(33,34)8-7-55-62(50,51)52)9-17(57(35,36)37)24(22)30-29-23-19(59(41,42)43)11-15(12-20(23)60(44,45)46)53-5-6-54-61(47,48)49;1-2/h1-4,9-12,32,38-46,50-52H,5-8,27H2,(H,35,36,37)(H,47,48,49);. The van der Waals surface area contributed by atoms with Gasteiger partial charge in [-0.25, -0.2) is 12.6 Å². The Bertz CT molecular complexity index is 2740. The van der Waals surface area contributed by atoms with Crippen LogP contribution in [0.3, 0.4) is 0 Å². The molecule has 0 unspecified atom stereocenters. The Morgan fingerprint density at radius 2 is 1.03 bits per heavy atom. The second kappa shape index (κ2) is 20.5. The van der Waals surface area contributed by atoms with E-state index in [1.807, 2.05) is 0 Å². The Labute approximate surface area is 371 Å². The molecule has 0 heterocycles. The smallest absolute Gasteiger partial charge is 0.397 e. The van der Waals surface area contributed by atoms with E-state index in [-0.39, 0.29) is 10.6 Å². The molecule has 17 N–H and O–H groups in total. The molecule has 0 fully saturated rings. The molecule has 0 aliphatic carbocycles. The molecule has 38 heteroatoms. The van der Waals surface area contributed by atoms with Crippen molar-refractivity contribution in [3.8, 4) is 11.5 Å². The molecular weight excluding hydrogens is 1040 g/mol. The summed E-state index contributed by atoms with van der Waals surface area (Å²) in [5.74, 6) is -2.71. The third kappa shape index (κ3) is 14.7. The average Bonchev–Trinajstić information content (AvgIpc) is 3.14. The normalized spacial score (nSPS) is 14.4. The number of benzene rings is 4. The number of phenolic OH excluding ortho intramolecular Hbond substituents is 1. The van der Waals surface area contributed by atoms with E-state index >= 15 is 0 Å². The molecule has 4 aromatic rings. The summed E-state index contributed by atoms with van der Waals surface area (Å²) in [6.45, 7) is -2.47. The lowest BCUT2D eigenvalue weighted by molar-refractivity contribution is 0.201. The lowest BCUT2D eigenvalue weighted by Gasteiger charge is -2.27. The van der Waals surface area contributed by atoms with Gasteiger partial charge in [-0.05, 0) is 41.8 Å². The highest BCUT2D eigenvalue weighted by Gasteiger charge is 2.33. The molecule has 0 atom stereocenters. The van der Waals surface area contributed by atoms with Crippen molar-refractivity contribution < 1.29 is 111 Å². The number of nitrogens with zero attached hydrogens (tertiary/aromatic N) is 4. The van der Waals surface area contributed by atoms with E-state index in [0.29, 0.717) is 24.3 Å². The number of azo groups is 2. The van der Waals surface area contributed by atoms with Crippen molar-refractivity contribution >= 4 is 126 Å². The molecule has 0 aliphatic heterocycles. The number of hydrogen-bond donors (Lipinski definition) is 16. The highest BCUT2D eigenvalue weighted by Crippen LogP contribution is 2.60. The topological polar surface area (TPSA) is 526 Å². The molecule has 64 heavy (non-hydrogen) atoms. The molecule has 30 nitrogen and oxygen atoms in total. The number of aromatic hydroxyl groups is 1. The first-order valence-electron chi connectivity index (χ1n) is 15.6. The fourth-order valence-electron chi connectivity index (χ4n) is 4.87. The van der Waals surface area contributed by atoms with Crippen LogP contribution in [-0.4, -0.2) is 124 Å². The van der Waals surface area contributed by atoms with Gasteiger partial charge in [0, 0.05) is 12.1 Å². The average molecular weight is 1070 g/mol. The van der Waals surface area contributed by atoms with Crippen LogP contribution in [-0.2, 0) is 51.3 Å². The first-order chi connectivity index (χ1) is 29.1. The van der Waals surface area contributed by atoms with Crippen LogP contribution in [0.25, 0.3) is 10.8 Å². The predicted octanol–water partition coefficient (Wildman–Crippen LogP) is 6.74. The molecule has 0 spiro atoms. The van der Waals surface area contributed by atoms with E-state index in [2.05, 4.69) is 41.4 Å². The van der Waals surface area contributed by atoms with Crippen LogP contribution in [0, 0.1) is 0 Å². The minimum absolute atomic E-state index is 0.201. The second-order valence-corrected chi connectivity index (χ2v) is 21.9. The van der Waals surface area contributed by atoms with E-state index < -0.39 is 164 Å². The first kappa shape index (κ1) is 54.7. The lowest BCUT2D eigenvalue weighted by atomic mass is 10.1. The van der Waals surface area contributed by atoms with Crippen LogP contribution in [0.1, 0.15) is 0 Å². The van der Waals surface area contributed by atoms with Crippen molar-refractivity contribution in [3.05, 3.63) is 48.5 Å². The van der Waals surface area contributed by atoms with Crippen LogP contribution in [0.2, 0.25) is 0 Å². The zero-order valence-electron chi connectivity index (χ0n) is 30.9. The van der Waals surface area contributed by atoms with E-state index in [1.54, 1.807) is 0 Å². The van der Waals surface area contributed by atoms with Crippen LogP contribution < -0.4 is 10.5 Å². The summed E-state index contributed by atoms with van der Waals surface area (Å²) < 4.78 is 230. The number of ether oxygens (including phenoxy) is 1. The van der Waals surface area contributed by atoms with Crippen LogP contribution in [0.4, 0.5) is 28.4 Å². The Morgan fingerprint density at radius 3 is 1.50 bits per heavy atom. The van der Waals surface area contributed by atoms with Gasteiger partial charge in [-0.15, -0.1) is 15.3 Å². The maximum atomic E-state index is 12.6. The third-order valence-electron chi connectivity index (χ3n) is 7.38. The first-order valence-corrected chi connectivity index (χ1v) is 26.4. The number of sulfone groups is 1. The van der Waals surface area contributed by atoms with Gasteiger partial charge < -0.3 is 56.6 Å². The van der Waals surface area contributed by atoms with Gasteiger partial charge in [0.1, 0.15) is 73.5 Å². The Hall–Kier alpha value is -3.63. The summed E-state index contributed by atoms with van der Waals surface area (Å²) in [4.78, 5) is -5.15. The highest BCUT2D eigenvalue weighted by atomic mass is 32.3. The molecule has 0 saturated heterocycles. The molecular formula is C26H33N5O25S8. The molecule has 0 aromatic heterocycles. The summed E-state index contributed by atoms with van der Waals surface area (Å²) >= 11 is -1.61. The van der Waals surface area contributed by atoms with Gasteiger partial charge in [-0.3, -0.25) is 26.9 Å². The zero-order valence-corrected chi connectivity index (χ0v) is 37.4. The number of nitrogen functional groups attached to an aromatic ring is 1. The molecule has 0 bridgehead atoms. The van der Waals surface area contributed by atoms with Crippen molar-refractivity contribution in [3.63, 3.8) is 0 Å². The zero-order chi connectivity index (χ0) is 49.0. The lowest BCUT2D eigenvalue weighted by Crippen LogP contribution is -2.14. The van der Waals surface area contributed by atoms with E-state index in [1.165, 1.54) is 0 Å². The maximum absolute atomic E-state index is 12.6. The summed E-state index contributed by atoms with van der Waals surface area (Å²) in [5, 5.41) is 24.5. The van der Waals surface area contributed by atoms with Gasteiger partial charge in [-0.1, -0.05) is 0 Å². The van der Waals surface area contributed by atoms with Crippen molar-refractivity contribution in [2.75, 3.05) is 31.3 Å².